The van der Waals surface area contributed by atoms with Crippen LogP contribution >= 0.6 is 0 Å². The van der Waals surface area contributed by atoms with Crippen LogP contribution in [0.15, 0.2) is 24.3 Å². The van der Waals surface area contributed by atoms with Gasteiger partial charge in [-0.1, -0.05) is 0 Å². The molecule has 0 atom stereocenters. The highest BCUT2D eigenvalue weighted by atomic mass is 16.5. The molecule has 88 valence electrons. The lowest BCUT2D eigenvalue weighted by molar-refractivity contribution is -0.149. The van der Waals surface area contributed by atoms with Gasteiger partial charge in [-0.15, -0.1) is 0 Å². The molecule has 1 aromatic rings. The normalized spacial score (nSPS) is 13.1. The number of carbonyl (C=O) groups excluding carboxylic acids is 2. The SMILES string of the molecule is COC(=O)C(=O)C1=CCOc2cc(O)ccc21. The van der Waals surface area contributed by atoms with E-state index in [1.54, 1.807) is 0 Å². The van der Waals surface area contributed by atoms with Gasteiger partial charge in [0, 0.05) is 17.2 Å². The van der Waals surface area contributed by atoms with E-state index in [2.05, 4.69) is 4.74 Å². The van der Waals surface area contributed by atoms with Crippen molar-refractivity contribution < 1.29 is 24.2 Å². The number of rotatable bonds is 2. The number of phenolic OH excluding ortho intramolecular Hbond substituents is 1. The molecule has 2 rings (SSSR count). The molecule has 0 fully saturated rings. The van der Waals surface area contributed by atoms with E-state index >= 15 is 0 Å². The van der Waals surface area contributed by atoms with E-state index in [1.807, 2.05) is 0 Å². The maximum absolute atomic E-state index is 11.7. The van der Waals surface area contributed by atoms with Gasteiger partial charge in [-0.2, -0.15) is 0 Å². The fourth-order valence-corrected chi connectivity index (χ4v) is 1.60. The Morgan fingerprint density at radius 3 is 2.88 bits per heavy atom. The lowest BCUT2D eigenvalue weighted by atomic mass is 9.98. The van der Waals surface area contributed by atoms with Crippen molar-refractivity contribution >= 4 is 17.3 Å². The van der Waals surface area contributed by atoms with Crippen LogP contribution in [-0.2, 0) is 14.3 Å². The van der Waals surface area contributed by atoms with Gasteiger partial charge in [0.15, 0.2) is 0 Å². The Morgan fingerprint density at radius 1 is 1.41 bits per heavy atom. The molecule has 5 nitrogen and oxygen atoms in total. The van der Waals surface area contributed by atoms with Crippen LogP contribution < -0.4 is 4.74 Å². The molecule has 0 bridgehead atoms. The fourth-order valence-electron chi connectivity index (χ4n) is 1.60. The Kier molecular flexibility index (Phi) is 2.82. The Bertz CT molecular complexity index is 516. The van der Waals surface area contributed by atoms with Gasteiger partial charge in [-0.05, 0) is 18.2 Å². The molecule has 1 aliphatic rings. The van der Waals surface area contributed by atoms with Gasteiger partial charge in [0.25, 0.3) is 5.78 Å². The van der Waals surface area contributed by atoms with Crippen molar-refractivity contribution in [3.8, 4) is 11.5 Å². The second-order valence-electron chi connectivity index (χ2n) is 3.43. The Labute approximate surface area is 97.3 Å². The number of phenols is 1. The molecule has 0 amide bonds. The molecule has 1 heterocycles. The summed E-state index contributed by atoms with van der Waals surface area (Å²) in [6, 6.07) is 4.34. The van der Waals surface area contributed by atoms with Gasteiger partial charge in [-0.3, -0.25) is 4.79 Å². The number of hydrogen-bond donors (Lipinski definition) is 1. The minimum atomic E-state index is -0.919. The van der Waals surface area contributed by atoms with Crippen molar-refractivity contribution in [2.24, 2.45) is 0 Å². The number of ketones is 1. The highest BCUT2D eigenvalue weighted by molar-refractivity contribution is 6.52. The maximum atomic E-state index is 11.7. The predicted octanol–water partition coefficient (Wildman–Crippen LogP) is 0.910. The molecule has 0 radical (unpaired) electrons. The number of Topliss-reactive ketones (excluding diaryl/α,β-unsaturated/α-hetero) is 1. The van der Waals surface area contributed by atoms with Gasteiger partial charge >= 0.3 is 5.97 Å². The highest BCUT2D eigenvalue weighted by Gasteiger charge is 2.25. The number of esters is 1. The summed E-state index contributed by atoms with van der Waals surface area (Å²) < 4.78 is 9.64. The molecule has 1 aromatic carbocycles. The van der Waals surface area contributed by atoms with E-state index < -0.39 is 11.8 Å². The molecule has 0 spiro atoms. The standard InChI is InChI=1S/C12H10O5/c1-16-12(15)11(14)9-4-5-17-10-6-7(13)2-3-8(9)10/h2-4,6,13H,5H2,1H3. The first-order chi connectivity index (χ1) is 8.13. The number of aromatic hydroxyl groups is 1. The highest BCUT2D eigenvalue weighted by Crippen LogP contribution is 2.33. The van der Waals surface area contributed by atoms with Crippen molar-refractivity contribution in [3.05, 3.63) is 29.8 Å². The number of carbonyl (C=O) groups is 2. The smallest absolute Gasteiger partial charge is 0.379 e. The lowest BCUT2D eigenvalue weighted by Gasteiger charge is -2.17. The molecular weight excluding hydrogens is 224 g/mol. The van der Waals surface area contributed by atoms with E-state index in [0.717, 1.165) is 7.11 Å². The minimum absolute atomic E-state index is 0.0375. The zero-order valence-electron chi connectivity index (χ0n) is 9.10. The van der Waals surface area contributed by atoms with E-state index in [-0.39, 0.29) is 17.9 Å². The van der Waals surface area contributed by atoms with Crippen molar-refractivity contribution in [3.63, 3.8) is 0 Å². The molecule has 0 unspecified atom stereocenters. The third-order valence-corrected chi connectivity index (χ3v) is 2.40. The van der Waals surface area contributed by atoms with Crippen LogP contribution in [0.1, 0.15) is 5.56 Å². The summed E-state index contributed by atoms with van der Waals surface area (Å²) in [4.78, 5) is 22.9. The van der Waals surface area contributed by atoms with Crippen molar-refractivity contribution in [2.75, 3.05) is 13.7 Å². The number of methoxy groups -OCH3 is 1. The van der Waals surface area contributed by atoms with Gasteiger partial charge in [-0.25, -0.2) is 4.79 Å². The zero-order valence-corrected chi connectivity index (χ0v) is 9.10. The van der Waals surface area contributed by atoms with Crippen molar-refractivity contribution in [1.29, 1.82) is 0 Å². The van der Waals surface area contributed by atoms with E-state index in [0.29, 0.717) is 11.3 Å². The Hall–Kier alpha value is -2.30. The monoisotopic (exact) mass is 234 g/mol. The average molecular weight is 234 g/mol. The van der Waals surface area contributed by atoms with Crippen LogP contribution in [0.5, 0.6) is 11.5 Å². The second-order valence-corrected chi connectivity index (χ2v) is 3.43. The summed E-state index contributed by atoms with van der Waals surface area (Å²) in [6.07, 6.45) is 1.51. The average Bonchev–Trinajstić information content (AvgIpc) is 2.35. The first kappa shape index (κ1) is 11.2. The number of ether oxygens (including phenoxy) is 2. The Balaban J connectivity index is 2.42. The van der Waals surface area contributed by atoms with Crippen LogP contribution in [0, 0.1) is 0 Å². The van der Waals surface area contributed by atoms with Crippen LogP contribution in [0.4, 0.5) is 0 Å². The number of hydrogen-bond acceptors (Lipinski definition) is 5. The van der Waals surface area contributed by atoms with Crippen LogP contribution in [0.2, 0.25) is 0 Å². The first-order valence-corrected chi connectivity index (χ1v) is 4.92. The summed E-state index contributed by atoms with van der Waals surface area (Å²) in [5.41, 5.74) is 0.711. The minimum Gasteiger partial charge on any atom is -0.508 e. The van der Waals surface area contributed by atoms with E-state index in [9.17, 15) is 14.7 Å². The molecule has 0 saturated heterocycles. The number of benzene rings is 1. The van der Waals surface area contributed by atoms with Gasteiger partial charge in [0.2, 0.25) is 0 Å². The van der Waals surface area contributed by atoms with Gasteiger partial charge in [0.1, 0.15) is 18.1 Å². The van der Waals surface area contributed by atoms with Gasteiger partial charge < -0.3 is 14.6 Å². The van der Waals surface area contributed by atoms with E-state index in [4.69, 9.17) is 4.74 Å². The summed E-state index contributed by atoms with van der Waals surface area (Å²) in [7, 11) is 1.15. The predicted molar refractivity (Wildman–Crippen MR) is 58.6 cm³/mol. The van der Waals surface area contributed by atoms with Crippen molar-refractivity contribution in [1.82, 2.24) is 0 Å². The van der Waals surface area contributed by atoms with Crippen molar-refractivity contribution in [2.45, 2.75) is 0 Å². The second kappa shape index (κ2) is 4.29. The third-order valence-electron chi connectivity index (χ3n) is 2.40. The van der Waals surface area contributed by atoms with Crippen LogP contribution in [0.3, 0.4) is 0 Å². The quantitative estimate of drug-likeness (QED) is 0.608. The summed E-state index contributed by atoms with van der Waals surface area (Å²) >= 11 is 0. The molecule has 1 aliphatic heterocycles. The van der Waals surface area contributed by atoms with Gasteiger partial charge in [0.05, 0.1) is 7.11 Å². The zero-order chi connectivity index (χ0) is 12.4. The number of fused-ring (bicyclic) bond motifs is 1. The summed E-state index contributed by atoms with van der Waals surface area (Å²) in [5.74, 6) is -1.23. The molecular formula is C12H10O5. The lowest BCUT2D eigenvalue weighted by Crippen LogP contribution is -2.20. The third kappa shape index (κ3) is 1.99. The molecule has 17 heavy (non-hydrogen) atoms. The summed E-state index contributed by atoms with van der Waals surface area (Å²) in [6.45, 7) is 0.175. The Morgan fingerprint density at radius 2 is 2.18 bits per heavy atom. The van der Waals surface area contributed by atoms with Crippen LogP contribution in [0.25, 0.3) is 5.57 Å². The topological polar surface area (TPSA) is 72.8 Å². The molecule has 0 saturated carbocycles. The first-order valence-electron chi connectivity index (χ1n) is 4.92. The fraction of sp³-hybridized carbons (Fsp3) is 0.167. The van der Waals surface area contributed by atoms with Crippen LogP contribution in [-0.4, -0.2) is 30.6 Å². The molecule has 5 heteroatoms. The van der Waals surface area contributed by atoms with E-state index in [1.165, 1.54) is 24.3 Å². The summed E-state index contributed by atoms with van der Waals surface area (Å²) in [5, 5.41) is 9.29. The molecule has 0 aromatic heterocycles. The largest absolute Gasteiger partial charge is 0.508 e. The maximum Gasteiger partial charge on any atom is 0.379 e. The molecule has 1 N–H and O–H groups in total. The molecule has 0 aliphatic carbocycles.